The zero-order chi connectivity index (χ0) is 25.0. The van der Waals surface area contributed by atoms with E-state index in [1.807, 2.05) is 6.92 Å². The maximum atomic E-state index is 9.72. The molecule has 0 bridgehead atoms. The van der Waals surface area contributed by atoms with Crippen molar-refractivity contribution in [3.05, 3.63) is 0 Å². The highest BCUT2D eigenvalue weighted by Crippen LogP contribution is 2.14. The molecule has 206 valence electrons. The molecular weight excluding hydrogens is 414 g/mol. The molecule has 1 atom stereocenters. The fourth-order valence-corrected chi connectivity index (χ4v) is 5.06. The molecule has 0 saturated carbocycles. The number of hydrogen-bond acceptors (Lipinski definition) is 2. The van der Waals surface area contributed by atoms with Crippen molar-refractivity contribution >= 4 is 0 Å². The smallest absolute Gasteiger partial charge is 0.0524 e. The average Bonchev–Trinajstić information content (AvgIpc) is 2.83. The summed E-state index contributed by atoms with van der Waals surface area (Å²) in [4.78, 5) is 2.64. The van der Waals surface area contributed by atoms with Gasteiger partial charge in [0, 0.05) is 6.54 Å². The Labute approximate surface area is 217 Å². The van der Waals surface area contributed by atoms with Crippen molar-refractivity contribution in [2.24, 2.45) is 0 Å². The van der Waals surface area contributed by atoms with Gasteiger partial charge in [-0.25, -0.2) is 0 Å². The Kier molecular flexibility index (Phi) is 29.1. The minimum Gasteiger partial charge on any atom is -0.393 e. The van der Waals surface area contributed by atoms with E-state index in [2.05, 4.69) is 18.7 Å². The Hall–Kier alpha value is -0.0800. The predicted molar refractivity (Wildman–Crippen MR) is 155 cm³/mol. The zero-order valence-corrected chi connectivity index (χ0v) is 24.3. The van der Waals surface area contributed by atoms with Crippen LogP contribution >= 0.6 is 0 Å². The molecule has 0 spiro atoms. The van der Waals surface area contributed by atoms with Gasteiger partial charge in [0.05, 0.1) is 6.10 Å². The van der Waals surface area contributed by atoms with Gasteiger partial charge >= 0.3 is 0 Å². The maximum absolute atomic E-state index is 9.72. The number of aliphatic hydroxyl groups excluding tert-OH is 1. The molecule has 2 nitrogen and oxygen atoms in total. The second-order valence-corrected chi connectivity index (χ2v) is 11.3. The molecule has 2 heteroatoms. The summed E-state index contributed by atoms with van der Waals surface area (Å²) in [7, 11) is 0. The molecule has 0 aromatic heterocycles. The molecule has 0 radical (unpaired) electrons. The molecule has 0 aromatic rings. The van der Waals surface area contributed by atoms with Crippen molar-refractivity contribution in [3.63, 3.8) is 0 Å². The summed E-state index contributed by atoms with van der Waals surface area (Å²) in [5.74, 6) is 0. The van der Waals surface area contributed by atoms with Crippen molar-refractivity contribution in [2.45, 2.75) is 187 Å². The normalized spacial score (nSPS) is 12.6. The molecule has 0 aromatic carbocycles. The molecular formula is C32H67NO. The predicted octanol–water partition coefficient (Wildman–Crippen LogP) is 10.5. The van der Waals surface area contributed by atoms with Gasteiger partial charge in [0.15, 0.2) is 0 Å². The lowest BCUT2D eigenvalue weighted by Crippen LogP contribution is -2.29. The van der Waals surface area contributed by atoms with Crippen molar-refractivity contribution in [1.29, 1.82) is 0 Å². The quantitative estimate of drug-likeness (QED) is 0.107. The first-order valence-corrected chi connectivity index (χ1v) is 16.1. The highest BCUT2D eigenvalue weighted by Gasteiger charge is 2.07. The summed E-state index contributed by atoms with van der Waals surface area (Å²) in [6.45, 7) is 10.1. The van der Waals surface area contributed by atoms with Crippen LogP contribution in [0.5, 0.6) is 0 Å². The highest BCUT2D eigenvalue weighted by atomic mass is 16.3. The lowest BCUT2D eigenvalue weighted by atomic mass is 10.0. The Bertz CT molecular complexity index is 329. The van der Waals surface area contributed by atoms with Gasteiger partial charge in [-0.3, -0.25) is 0 Å². The van der Waals surface area contributed by atoms with Crippen LogP contribution in [-0.4, -0.2) is 35.7 Å². The van der Waals surface area contributed by atoms with Crippen LogP contribution in [0.1, 0.15) is 181 Å². The number of nitrogens with zero attached hydrogens (tertiary/aromatic N) is 1. The summed E-state index contributed by atoms with van der Waals surface area (Å²) < 4.78 is 0. The second kappa shape index (κ2) is 29.2. The minimum absolute atomic E-state index is 0.161. The van der Waals surface area contributed by atoms with Crippen LogP contribution in [0.15, 0.2) is 0 Å². The SMILES string of the molecule is CCCCCCCCCCCCCCN(CCCCCCCCCCCCCC)CCC(C)O. The van der Waals surface area contributed by atoms with Crippen LogP contribution in [0.4, 0.5) is 0 Å². The average molecular weight is 482 g/mol. The number of aliphatic hydroxyl groups is 1. The van der Waals surface area contributed by atoms with Crippen LogP contribution in [0.3, 0.4) is 0 Å². The lowest BCUT2D eigenvalue weighted by Gasteiger charge is -2.23. The summed E-state index contributed by atoms with van der Waals surface area (Å²) in [6, 6.07) is 0. The molecule has 0 amide bonds. The molecule has 0 aliphatic rings. The van der Waals surface area contributed by atoms with Crippen LogP contribution in [-0.2, 0) is 0 Å². The van der Waals surface area contributed by atoms with E-state index in [9.17, 15) is 5.11 Å². The third-order valence-electron chi connectivity index (χ3n) is 7.52. The molecule has 0 aliphatic heterocycles. The fourth-order valence-electron chi connectivity index (χ4n) is 5.06. The first-order valence-electron chi connectivity index (χ1n) is 16.1. The van der Waals surface area contributed by atoms with Crippen molar-refractivity contribution < 1.29 is 5.11 Å². The summed E-state index contributed by atoms with van der Waals surface area (Å²) in [5.41, 5.74) is 0. The number of rotatable bonds is 29. The molecule has 0 aliphatic carbocycles. The van der Waals surface area contributed by atoms with Crippen LogP contribution in [0, 0.1) is 0 Å². The second-order valence-electron chi connectivity index (χ2n) is 11.3. The molecule has 0 heterocycles. The number of hydrogen-bond donors (Lipinski definition) is 1. The van der Waals surface area contributed by atoms with E-state index >= 15 is 0 Å². The van der Waals surface area contributed by atoms with Crippen molar-refractivity contribution in [3.8, 4) is 0 Å². The molecule has 1 N–H and O–H groups in total. The van der Waals surface area contributed by atoms with Crippen molar-refractivity contribution in [1.82, 2.24) is 4.90 Å². The minimum atomic E-state index is -0.161. The van der Waals surface area contributed by atoms with Crippen LogP contribution < -0.4 is 0 Å². The van der Waals surface area contributed by atoms with Gasteiger partial charge in [0.2, 0.25) is 0 Å². The molecule has 1 unspecified atom stereocenters. The Balaban J connectivity index is 3.60. The van der Waals surface area contributed by atoms with E-state index in [0.717, 1.165) is 13.0 Å². The van der Waals surface area contributed by atoms with E-state index in [1.165, 1.54) is 167 Å². The van der Waals surface area contributed by atoms with Gasteiger partial charge in [-0.2, -0.15) is 0 Å². The topological polar surface area (TPSA) is 23.5 Å². The molecule has 34 heavy (non-hydrogen) atoms. The van der Waals surface area contributed by atoms with E-state index in [1.54, 1.807) is 0 Å². The Morgan fingerprint density at radius 2 is 0.676 bits per heavy atom. The van der Waals surface area contributed by atoms with E-state index in [4.69, 9.17) is 0 Å². The van der Waals surface area contributed by atoms with Gasteiger partial charge in [0.25, 0.3) is 0 Å². The molecule has 0 fully saturated rings. The molecule has 0 rings (SSSR count). The third kappa shape index (κ3) is 28.2. The third-order valence-corrected chi connectivity index (χ3v) is 7.52. The summed E-state index contributed by atoms with van der Waals surface area (Å²) in [6.07, 6.45) is 34.9. The first-order chi connectivity index (χ1) is 16.7. The largest absolute Gasteiger partial charge is 0.393 e. The van der Waals surface area contributed by atoms with Gasteiger partial charge in [-0.15, -0.1) is 0 Å². The summed E-state index contributed by atoms with van der Waals surface area (Å²) >= 11 is 0. The lowest BCUT2D eigenvalue weighted by molar-refractivity contribution is 0.154. The monoisotopic (exact) mass is 482 g/mol. The first kappa shape index (κ1) is 33.9. The van der Waals surface area contributed by atoms with Gasteiger partial charge in [-0.05, 0) is 39.3 Å². The standard InChI is InChI=1S/C32H67NO/c1-4-6-8-10-12-14-16-18-20-22-24-26-29-33(31-28-32(3)34)30-27-25-23-21-19-17-15-13-11-9-7-5-2/h32,34H,4-31H2,1-3H3. The number of unbranched alkanes of at least 4 members (excludes halogenated alkanes) is 22. The Morgan fingerprint density at radius 3 is 0.941 bits per heavy atom. The Morgan fingerprint density at radius 1 is 0.412 bits per heavy atom. The van der Waals surface area contributed by atoms with E-state index in [0.29, 0.717) is 0 Å². The zero-order valence-electron chi connectivity index (χ0n) is 24.3. The van der Waals surface area contributed by atoms with E-state index in [-0.39, 0.29) is 6.10 Å². The highest BCUT2D eigenvalue weighted by molar-refractivity contribution is 4.62. The van der Waals surface area contributed by atoms with Gasteiger partial charge in [0.1, 0.15) is 0 Å². The van der Waals surface area contributed by atoms with Crippen LogP contribution in [0.2, 0.25) is 0 Å². The fraction of sp³-hybridized carbons (Fsp3) is 1.00. The van der Waals surface area contributed by atoms with Crippen molar-refractivity contribution in [2.75, 3.05) is 19.6 Å². The van der Waals surface area contributed by atoms with Gasteiger partial charge in [-0.1, -0.05) is 155 Å². The maximum Gasteiger partial charge on any atom is 0.0524 e. The van der Waals surface area contributed by atoms with E-state index < -0.39 is 0 Å². The van der Waals surface area contributed by atoms with Gasteiger partial charge < -0.3 is 10.0 Å². The van der Waals surface area contributed by atoms with Crippen LogP contribution in [0.25, 0.3) is 0 Å². The summed E-state index contributed by atoms with van der Waals surface area (Å²) in [5, 5.41) is 9.72. The molecule has 0 saturated heterocycles.